The number of esters is 1. The Morgan fingerprint density at radius 3 is 2.62 bits per heavy atom. The van der Waals surface area contributed by atoms with Crippen molar-refractivity contribution in [1.29, 1.82) is 0 Å². The summed E-state index contributed by atoms with van der Waals surface area (Å²) in [6.45, 7) is 1.84. The summed E-state index contributed by atoms with van der Waals surface area (Å²) in [6, 6.07) is -0.370. The molecule has 3 heteroatoms. The predicted molar refractivity (Wildman–Crippen MR) is 28.1 cm³/mol. The Balaban J connectivity index is 2.51. The van der Waals surface area contributed by atoms with Crippen LogP contribution in [0.15, 0.2) is 0 Å². The van der Waals surface area contributed by atoms with E-state index >= 15 is 0 Å². The number of nitrogens with two attached hydrogens (primary N) is 1. The topological polar surface area (TPSA) is 52.3 Å². The lowest BCUT2D eigenvalue weighted by atomic mass is 10.2. The number of hydrogen-bond donors (Lipinski definition) is 1. The van der Waals surface area contributed by atoms with Gasteiger partial charge in [-0.2, -0.15) is 0 Å². The third kappa shape index (κ3) is 0.816. The molecule has 0 aromatic heterocycles. The van der Waals surface area contributed by atoms with Crippen molar-refractivity contribution in [2.24, 2.45) is 5.73 Å². The zero-order valence-corrected chi connectivity index (χ0v) is 4.76. The summed E-state index contributed by atoms with van der Waals surface area (Å²) in [7, 11) is 0. The van der Waals surface area contributed by atoms with E-state index in [4.69, 9.17) is 10.5 Å². The van der Waals surface area contributed by atoms with Crippen LogP contribution in [0.4, 0.5) is 0 Å². The lowest BCUT2D eigenvalue weighted by Crippen LogP contribution is -2.24. The van der Waals surface area contributed by atoms with Gasteiger partial charge in [-0.05, 0) is 6.92 Å². The molecule has 1 heterocycles. The molecule has 0 saturated carbocycles. The van der Waals surface area contributed by atoms with Gasteiger partial charge < -0.3 is 10.5 Å². The fourth-order valence-corrected chi connectivity index (χ4v) is 0.788. The summed E-state index contributed by atoms with van der Waals surface area (Å²) >= 11 is 0. The molecule has 1 aliphatic rings. The van der Waals surface area contributed by atoms with Gasteiger partial charge in [-0.3, -0.25) is 4.79 Å². The van der Waals surface area contributed by atoms with Crippen molar-refractivity contribution in [3.05, 3.63) is 0 Å². The van der Waals surface area contributed by atoms with Crippen molar-refractivity contribution < 1.29 is 9.53 Å². The molecule has 0 aromatic carbocycles. The van der Waals surface area contributed by atoms with Gasteiger partial charge in [0.2, 0.25) is 0 Å². The van der Waals surface area contributed by atoms with Crippen molar-refractivity contribution in [1.82, 2.24) is 0 Å². The van der Waals surface area contributed by atoms with E-state index in [9.17, 15) is 4.79 Å². The highest BCUT2D eigenvalue weighted by Gasteiger charge is 2.27. The maximum absolute atomic E-state index is 10.4. The van der Waals surface area contributed by atoms with Crippen LogP contribution in [-0.2, 0) is 9.53 Å². The van der Waals surface area contributed by atoms with Crippen LogP contribution in [0.2, 0.25) is 0 Å². The Hall–Kier alpha value is -0.570. The Kier molecular flexibility index (Phi) is 1.21. The zero-order chi connectivity index (χ0) is 6.15. The van der Waals surface area contributed by atoms with Crippen LogP contribution >= 0.6 is 0 Å². The fraction of sp³-hybridized carbons (Fsp3) is 0.800. The van der Waals surface area contributed by atoms with E-state index in [-0.39, 0.29) is 18.1 Å². The normalized spacial score (nSPS) is 37.5. The number of carbonyl (C=O) groups excluding carboxylic acids is 1. The highest BCUT2D eigenvalue weighted by molar-refractivity contribution is 5.77. The van der Waals surface area contributed by atoms with Gasteiger partial charge in [0.15, 0.2) is 0 Å². The van der Waals surface area contributed by atoms with Gasteiger partial charge in [0.1, 0.15) is 12.1 Å². The fourth-order valence-electron chi connectivity index (χ4n) is 0.788. The van der Waals surface area contributed by atoms with E-state index in [0.29, 0.717) is 6.42 Å². The molecule has 46 valence electrons. The molecule has 0 aromatic rings. The van der Waals surface area contributed by atoms with Gasteiger partial charge in [0.25, 0.3) is 0 Å². The van der Waals surface area contributed by atoms with Gasteiger partial charge in [-0.25, -0.2) is 0 Å². The molecule has 2 unspecified atom stereocenters. The molecule has 1 rings (SSSR count). The van der Waals surface area contributed by atoms with Gasteiger partial charge in [-0.15, -0.1) is 0 Å². The first-order valence-electron chi connectivity index (χ1n) is 2.66. The number of hydrogen-bond acceptors (Lipinski definition) is 3. The minimum atomic E-state index is -0.370. The largest absolute Gasteiger partial charge is 0.461 e. The highest BCUT2D eigenvalue weighted by atomic mass is 16.6. The van der Waals surface area contributed by atoms with Gasteiger partial charge in [-0.1, -0.05) is 0 Å². The number of carbonyl (C=O) groups is 1. The third-order valence-corrected chi connectivity index (χ3v) is 1.21. The van der Waals surface area contributed by atoms with Crippen molar-refractivity contribution in [2.75, 3.05) is 0 Å². The van der Waals surface area contributed by atoms with Crippen LogP contribution < -0.4 is 5.73 Å². The summed E-state index contributed by atoms with van der Waals surface area (Å²) < 4.78 is 4.71. The molecule has 0 aliphatic carbocycles. The van der Waals surface area contributed by atoms with E-state index in [1.54, 1.807) is 0 Å². The Morgan fingerprint density at radius 2 is 2.50 bits per heavy atom. The van der Waals surface area contributed by atoms with Crippen LogP contribution in [0.5, 0.6) is 0 Å². The second kappa shape index (κ2) is 1.74. The molecule has 0 radical (unpaired) electrons. The van der Waals surface area contributed by atoms with Crippen LogP contribution in [0.3, 0.4) is 0 Å². The van der Waals surface area contributed by atoms with Crippen LogP contribution in [0.25, 0.3) is 0 Å². The summed E-state index contributed by atoms with van der Waals surface area (Å²) in [5.41, 5.74) is 5.29. The average Bonchev–Trinajstić information content (AvgIpc) is 1.85. The van der Waals surface area contributed by atoms with Crippen LogP contribution in [0.1, 0.15) is 13.3 Å². The maximum Gasteiger partial charge on any atom is 0.323 e. The standard InChI is InChI=1S/C5H9NO2/c1-3-2-4(6)5(7)8-3/h3-4H,2,6H2,1H3. The van der Waals surface area contributed by atoms with Crippen molar-refractivity contribution >= 4 is 5.97 Å². The second-order valence-corrected chi connectivity index (χ2v) is 2.09. The number of cyclic esters (lactones) is 1. The first kappa shape index (κ1) is 5.56. The Bertz CT molecular complexity index is 113. The minimum absolute atomic E-state index is 0.0255. The van der Waals surface area contributed by atoms with E-state index in [0.717, 1.165) is 0 Å². The second-order valence-electron chi connectivity index (χ2n) is 2.09. The highest BCUT2D eigenvalue weighted by Crippen LogP contribution is 2.10. The maximum atomic E-state index is 10.4. The molecule has 3 nitrogen and oxygen atoms in total. The monoisotopic (exact) mass is 115 g/mol. The molecular formula is C5H9NO2. The van der Waals surface area contributed by atoms with Crippen LogP contribution in [-0.4, -0.2) is 18.1 Å². The quantitative estimate of drug-likeness (QED) is 0.439. The molecule has 0 amide bonds. The lowest BCUT2D eigenvalue weighted by Gasteiger charge is -1.95. The molecule has 0 spiro atoms. The number of ether oxygens (including phenoxy) is 1. The van der Waals surface area contributed by atoms with E-state index in [2.05, 4.69) is 0 Å². The number of rotatable bonds is 0. The summed E-state index contributed by atoms with van der Waals surface area (Å²) in [5, 5.41) is 0. The summed E-state index contributed by atoms with van der Waals surface area (Å²) in [6.07, 6.45) is 0.691. The predicted octanol–water partition coefficient (Wildman–Crippen LogP) is -0.351. The average molecular weight is 115 g/mol. The Morgan fingerprint density at radius 1 is 1.88 bits per heavy atom. The smallest absolute Gasteiger partial charge is 0.323 e. The zero-order valence-electron chi connectivity index (χ0n) is 4.76. The molecule has 2 N–H and O–H groups in total. The van der Waals surface area contributed by atoms with Gasteiger partial charge >= 0.3 is 5.97 Å². The van der Waals surface area contributed by atoms with E-state index < -0.39 is 0 Å². The molecule has 0 bridgehead atoms. The van der Waals surface area contributed by atoms with E-state index in [1.165, 1.54) is 0 Å². The molecule has 1 aliphatic heterocycles. The summed E-state index contributed by atoms with van der Waals surface area (Å²) in [4.78, 5) is 10.4. The molecule has 8 heavy (non-hydrogen) atoms. The van der Waals surface area contributed by atoms with Gasteiger partial charge in [0.05, 0.1) is 0 Å². The lowest BCUT2D eigenvalue weighted by molar-refractivity contribution is -0.141. The van der Waals surface area contributed by atoms with Crippen molar-refractivity contribution in [3.8, 4) is 0 Å². The third-order valence-electron chi connectivity index (χ3n) is 1.21. The SMILES string of the molecule is CC1CC(N)C(=O)O1. The van der Waals surface area contributed by atoms with Crippen molar-refractivity contribution in [3.63, 3.8) is 0 Å². The van der Waals surface area contributed by atoms with Crippen LogP contribution in [0, 0.1) is 0 Å². The molecule has 2 atom stereocenters. The molecule has 1 saturated heterocycles. The van der Waals surface area contributed by atoms with Crippen molar-refractivity contribution in [2.45, 2.75) is 25.5 Å². The Labute approximate surface area is 47.8 Å². The summed E-state index contributed by atoms with van der Waals surface area (Å²) in [5.74, 6) is -0.266. The van der Waals surface area contributed by atoms with Gasteiger partial charge in [0, 0.05) is 6.42 Å². The van der Waals surface area contributed by atoms with E-state index in [1.807, 2.05) is 6.92 Å². The minimum Gasteiger partial charge on any atom is -0.461 e. The molecule has 1 fully saturated rings. The first-order valence-corrected chi connectivity index (χ1v) is 2.66. The molecular weight excluding hydrogens is 106 g/mol. The first-order chi connectivity index (χ1) is 3.70.